The molecule has 0 fully saturated rings. The molecule has 0 heterocycles. The van der Waals surface area contributed by atoms with E-state index >= 15 is 0 Å². The van der Waals surface area contributed by atoms with E-state index in [0.717, 1.165) is 26.2 Å². The second-order valence-corrected chi connectivity index (χ2v) is 12.3. The minimum Gasteiger partial charge on any atom is -0.489 e. The average molecular weight is 617 g/mol. The second-order valence-electron chi connectivity index (χ2n) is 9.53. The van der Waals surface area contributed by atoms with Gasteiger partial charge in [-0.25, -0.2) is 8.42 Å². The van der Waals surface area contributed by atoms with E-state index in [-0.39, 0.29) is 18.5 Å². The van der Waals surface area contributed by atoms with E-state index in [1.54, 1.807) is 31.2 Å². The third-order valence-corrected chi connectivity index (χ3v) is 7.59. The van der Waals surface area contributed by atoms with Crippen molar-refractivity contribution >= 4 is 43.5 Å². The SMILES string of the molecule is CC(C)NC(=O)[C@@H](C)N(Cc1ccc(Br)cc1)C(=O)CN(c1ccc(OCc2ccccc2)cc1)S(C)(=O)=O. The van der Waals surface area contributed by atoms with E-state index in [0.29, 0.717) is 18.0 Å². The summed E-state index contributed by atoms with van der Waals surface area (Å²) < 4.78 is 33.3. The molecule has 0 spiro atoms. The van der Waals surface area contributed by atoms with Gasteiger partial charge in [0.25, 0.3) is 0 Å². The Labute approximate surface area is 239 Å². The molecule has 0 aliphatic carbocycles. The van der Waals surface area contributed by atoms with Crippen molar-refractivity contribution < 1.29 is 22.7 Å². The van der Waals surface area contributed by atoms with Crippen LogP contribution in [0.3, 0.4) is 0 Å². The fourth-order valence-electron chi connectivity index (χ4n) is 3.84. The molecule has 1 atom stereocenters. The van der Waals surface area contributed by atoms with E-state index in [2.05, 4.69) is 21.2 Å². The summed E-state index contributed by atoms with van der Waals surface area (Å²) in [6.45, 7) is 5.36. The van der Waals surface area contributed by atoms with Crippen LogP contribution in [-0.2, 0) is 32.8 Å². The molecule has 208 valence electrons. The zero-order chi connectivity index (χ0) is 28.6. The number of halogens is 1. The monoisotopic (exact) mass is 615 g/mol. The third kappa shape index (κ3) is 9.11. The zero-order valence-corrected chi connectivity index (χ0v) is 24.9. The van der Waals surface area contributed by atoms with Crippen molar-refractivity contribution in [2.24, 2.45) is 0 Å². The number of carbonyl (C=O) groups excluding carboxylic acids is 2. The van der Waals surface area contributed by atoms with Gasteiger partial charge in [-0.2, -0.15) is 0 Å². The largest absolute Gasteiger partial charge is 0.489 e. The first-order chi connectivity index (χ1) is 18.4. The van der Waals surface area contributed by atoms with E-state index < -0.39 is 28.5 Å². The van der Waals surface area contributed by atoms with Gasteiger partial charge in [-0.1, -0.05) is 58.4 Å². The van der Waals surface area contributed by atoms with Crippen LogP contribution in [-0.4, -0.2) is 50.0 Å². The van der Waals surface area contributed by atoms with Crippen molar-refractivity contribution in [1.82, 2.24) is 10.2 Å². The van der Waals surface area contributed by atoms with Crippen LogP contribution >= 0.6 is 15.9 Å². The Morgan fingerprint density at radius 2 is 1.51 bits per heavy atom. The number of anilines is 1. The Kier molecular flexibility index (Phi) is 10.5. The molecular weight excluding hydrogens is 582 g/mol. The van der Waals surface area contributed by atoms with Gasteiger partial charge in [-0.05, 0) is 68.3 Å². The summed E-state index contributed by atoms with van der Waals surface area (Å²) in [4.78, 5) is 27.8. The summed E-state index contributed by atoms with van der Waals surface area (Å²) >= 11 is 3.40. The summed E-state index contributed by atoms with van der Waals surface area (Å²) in [5.41, 5.74) is 2.13. The smallest absolute Gasteiger partial charge is 0.244 e. The first kappa shape index (κ1) is 30.2. The molecule has 0 aliphatic heterocycles. The van der Waals surface area contributed by atoms with Crippen molar-refractivity contribution in [1.29, 1.82) is 0 Å². The quantitative estimate of drug-likeness (QED) is 0.318. The van der Waals surface area contributed by atoms with Crippen molar-refractivity contribution in [2.75, 3.05) is 17.1 Å². The van der Waals surface area contributed by atoms with Gasteiger partial charge >= 0.3 is 0 Å². The molecule has 2 amide bonds. The zero-order valence-electron chi connectivity index (χ0n) is 22.5. The lowest BCUT2D eigenvalue weighted by Gasteiger charge is -2.32. The maximum Gasteiger partial charge on any atom is 0.244 e. The molecule has 0 aliphatic rings. The first-order valence-corrected chi connectivity index (χ1v) is 15.2. The molecular formula is C29H34BrN3O5S. The lowest BCUT2D eigenvalue weighted by Crippen LogP contribution is -2.52. The van der Waals surface area contributed by atoms with Gasteiger partial charge in [-0.3, -0.25) is 13.9 Å². The highest BCUT2D eigenvalue weighted by molar-refractivity contribution is 9.10. The summed E-state index contributed by atoms with van der Waals surface area (Å²) in [6.07, 6.45) is 1.05. The molecule has 8 nitrogen and oxygen atoms in total. The Hall–Kier alpha value is -3.37. The summed E-state index contributed by atoms with van der Waals surface area (Å²) in [6, 6.07) is 22.7. The number of hydrogen-bond donors (Lipinski definition) is 1. The molecule has 3 rings (SSSR count). The molecule has 10 heteroatoms. The Balaban J connectivity index is 1.81. The molecule has 1 N–H and O–H groups in total. The minimum absolute atomic E-state index is 0.111. The van der Waals surface area contributed by atoms with Gasteiger partial charge in [0.15, 0.2) is 0 Å². The number of carbonyl (C=O) groups is 2. The van der Waals surface area contributed by atoms with Crippen LogP contribution in [0, 0.1) is 0 Å². The highest BCUT2D eigenvalue weighted by Crippen LogP contribution is 2.23. The number of rotatable bonds is 12. The van der Waals surface area contributed by atoms with Gasteiger partial charge in [0, 0.05) is 17.1 Å². The fraction of sp³-hybridized carbons (Fsp3) is 0.310. The topological polar surface area (TPSA) is 96.0 Å². The lowest BCUT2D eigenvalue weighted by molar-refractivity contribution is -0.139. The molecule has 0 radical (unpaired) electrons. The predicted molar refractivity (Wildman–Crippen MR) is 157 cm³/mol. The van der Waals surface area contributed by atoms with Gasteiger partial charge < -0.3 is 15.0 Å². The summed E-state index contributed by atoms with van der Waals surface area (Å²) in [7, 11) is -3.82. The van der Waals surface area contributed by atoms with E-state index in [9.17, 15) is 18.0 Å². The van der Waals surface area contributed by atoms with Gasteiger partial charge in [-0.15, -0.1) is 0 Å². The second kappa shape index (κ2) is 13.6. The highest BCUT2D eigenvalue weighted by Gasteiger charge is 2.30. The molecule has 0 saturated heterocycles. The number of nitrogens with zero attached hydrogens (tertiary/aromatic N) is 2. The average Bonchev–Trinajstić information content (AvgIpc) is 2.89. The van der Waals surface area contributed by atoms with Crippen molar-refractivity contribution in [2.45, 2.75) is 46.0 Å². The maximum absolute atomic E-state index is 13.6. The number of ether oxygens (including phenoxy) is 1. The van der Waals surface area contributed by atoms with E-state index in [4.69, 9.17) is 4.74 Å². The van der Waals surface area contributed by atoms with E-state index in [1.807, 2.05) is 68.4 Å². The minimum atomic E-state index is -3.82. The molecule has 39 heavy (non-hydrogen) atoms. The van der Waals surface area contributed by atoms with Gasteiger partial charge in [0.2, 0.25) is 21.8 Å². The van der Waals surface area contributed by atoms with Crippen LogP contribution in [0.5, 0.6) is 5.75 Å². The van der Waals surface area contributed by atoms with Crippen LogP contribution in [0.4, 0.5) is 5.69 Å². The Bertz CT molecular complexity index is 1350. The Morgan fingerprint density at radius 3 is 2.08 bits per heavy atom. The number of benzene rings is 3. The van der Waals surface area contributed by atoms with Crippen LogP contribution in [0.15, 0.2) is 83.3 Å². The fourth-order valence-corrected chi connectivity index (χ4v) is 4.95. The van der Waals surface area contributed by atoms with Crippen LogP contribution < -0.4 is 14.4 Å². The number of sulfonamides is 1. The number of amides is 2. The summed E-state index contributed by atoms with van der Waals surface area (Å²) in [5.74, 6) is -0.251. The third-order valence-electron chi connectivity index (χ3n) is 5.92. The molecule has 0 saturated carbocycles. The normalized spacial score (nSPS) is 12.1. The summed E-state index contributed by atoms with van der Waals surface area (Å²) in [5, 5.41) is 2.83. The van der Waals surface area contributed by atoms with Gasteiger partial charge in [0.1, 0.15) is 24.9 Å². The predicted octanol–water partition coefficient (Wildman–Crippen LogP) is 4.74. The highest BCUT2D eigenvalue weighted by atomic mass is 79.9. The first-order valence-electron chi connectivity index (χ1n) is 12.5. The van der Waals surface area contributed by atoms with E-state index in [1.165, 1.54) is 4.90 Å². The van der Waals surface area contributed by atoms with Crippen LogP contribution in [0.25, 0.3) is 0 Å². The molecule has 0 bridgehead atoms. The standard InChI is InChI=1S/C29H34BrN3O5S/c1-21(2)31-29(35)22(3)32(18-23-10-12-25(30)13-11-23)28(34)19-33(39(4,36)37)26-14-16-27(17-15-26)38-20-24-8-6-5-7-9-24/h5-17,21-22H,18-20H2,1-4H3,(H,31,35)/t22-/m1/s1. The number of hydrogen-bond acceptors (Lipinski definition) is 5. The number of nitrogens with one attached hydrogen (secondary N) is 1. The van der Waals surface area contributed by atoms with Gasteiger partial charge in [0.05, 0.1) is 11.9 Å². The van der Waals surface area contributed by atoms with Crippen LogP contribution in [0.1, 0.15) is 31.9 Å². The van der Waals surface area contributed by atoms with Crippen molar-refractivity contribution in [3.63, 3.8) is 0 Å². The maximum atomic E-state index is 13.6. The van der Waals surface area contributed by atoms with Crippen LogP contribution in [0.2, 0.25) is 0 Å². The molecule has 3 aromatic carbocycles. The Morgan fingerprint density at radius 1 is 0.897 bits per heavy atom. The lowest BCUT2D eigenvalue weighted by atomic mass is 10.1. The molecule has 0 unspecified atom stereocenters. The van der Waals surface area contributed by atoms with Crippen molar-refractivity contribution in [3.05, 3.63) is 94.5 Å². The molecule has 0 aromatic heterocycles. The van der Waals surface area contributed by atoms with Crippen molar-refractivity contribution in [3.8, 4) is 5.75 Å². The molecule has 3 aromatic rings.